The molecule has 1 aliphatic carbocycles. The number of rotatable bonds is 4. The monoisotopic (exact) mass is 314 g/mol. The summed E-state index contributed by atoms with van der Waals surface area (Å²) >= 11 is 0. The molecule has 0 amide bonds. The summed E-state index contributed by atoms with van der Waals surface area (Å²) in [6.07, 6.45) is 2.90. The van der Waals surface area contributed by atoms with Crippen molar-refractivity contribution in [3.63, 3.8) is 0 Å². The van der Waals surface area contributed by atoms with Crippen molar-refractivity contribution >= 4 is 10.0 Å². The molecular weight excluding hydrogens is 291 g/mol. The average molecular weight is 314 g/mol. The lowest BCUT2D eigenvalue weighted by molar-refractivity contribution is 0.227. The average Bonchev–Trinajstić information content (AvgIpc) is 2.43. The molecule has 1 aromatic carbocycles. The molecule has 0 spiro atoms. The molecule has 6 heteroatoms. The van der Waals surface area contributed by atoms with Crippen LogP contribution < -0.4 is 10.5 Å². The fourth-order valence-electron chi connectivity index (χ4n) is 2.90. The lowest BCUT2D eigenvalue weighted by atomic mass is 9.78. The summed E-state index contributed by atoms with van der Waals surface area (Å²) in [5.41, 5.74) is 6.00. The second-order valence-electron chi connectivity index (χ2n) is 5.96. The van der Waals surface area contributed by atoms with E-state index in [4.69, 9.17) is 5.73 Å². The van der Waals surface area contributed by atoms with E-state index in [0.29, 0.717) is 11.5 Å². The van der Waals surface area contributed by atoms with Gasteiger partial charge in [-0.2, -0.15) is 0 Å². The van der Waals surface area contributed by atoms with E-state index in [9.17, 15) is 12.8 Å². The minimum absolute atomic E-state index is 0.132. The highest BCUT2D eigenvalue weighted by Gasteiger charge is 2.31. The van der Waals surface area contributed by atoms with Crippen LogP contribution in [0, 0.1) is 17.7 Å². The number of nitrogens with two attached hydrogens (primary N) is 1. The smallest absolute Gasteiger partial charge is 0.243 e. The van der Waals surface area contributed by atoms with E-state index in [0.717, 1.165) is 19.3 Å². The van der Waals surface area contributed by atoms with Crippen molar-refractivity contribution in [2.45, 2.75) is 50.6 Å². The highest BCUT2D eigenvalue weighted by atomic mass is 32.2. The summed E-state index contributed by atoms with van der Waals surface area (Å²) in [5.74, 6) is -0.0298. The number of halogens is 1. The molecule has 0 aliphatic heterocycles. The van der Waals surface area contributed by atoms with Crippen LogP contribution in [0.5, 0.6) is 0 Å². The van der Waals surface area contributed by atoms with E-state index >= 15 is 0 Å². The Morgan fingerprint density at radius 1 is 1.33 bits per heavy atom. The zero-order chi connectivity index (χ0) is 15.6. The van der Waals surface area contributed by atoms with Gasteiger partial charge in [0, 0.05) is 12.6 Å². The molecule has 3 N–H and O–H groups in total. The minimum Gasteiger partial charge on any atom is -0.326 e. The van der Waals surface area contributed by atoms with Crippen LogP contribution >= 0.6 is 0 Å². The third-order valence-electron chi connectivity index (χ3n) is 4.53. The summed E-state index contributed by atoms with van der Waals surface area (Å²) < 4.78 is 41.4. The van der Waals surface area contributed by atoms with E-state index in [1.165, 1.54) is 12.1 Å². The van der Waals surface area contributed by atoms with Crippen LogP contribution in [-0.4, -0.2) is 14.5 Å². The van der Waals surface area contributed by atoms with E-state index in [1.54, 1.807) is 6.07 Å². The van der Waals surface area contributed by atoms with Crippen LogP contribution in [0.15, 0.2) is 23.1 Å². The quantitative estimate of drug-likeness (QED) is 0.896. The normalized spacial score (nSPS) is 26.8. The Hall–Kier alpha value is -0.980. The Balaban J connectivity index is 2.22. The predicted molar refractivity (Wildman–Crippen MR) is 80.6 cm³/mol. The van der Waals surface area contributed by atoms with E-state index in [-0.39, 0.29) is 23.4 Å². The third-order valence-corrected chi connectivity index (χ3v) is 6.06. The lowest BCUT2D eigenvalue weighted by Gasteiger charge is -2.34. The topological polar surface area (TPSA) is 72.2 Å². The Labute approximate surface area is 126 Å². The van der Waals surface area contributed by atoms with Gasteiger partial charge in [0.15, 0.2) is 0 Å². The highest BCUT2D eigenvalue weighted by molar-refractivity contribution is 7.89. The lowest BCUT2D eigenvalue weighted by Crippen LogP contribution is -2.43. The van der Waals surface area contributed by atoms with Crippen LogP contribution in [-0.2, 0) is 16.6 Å². The molecule has 1 saturated carbocycles. The maximum atomic E-state index is 14.0. The SMILES string of the molecule is CC1CCCC(NS(=O)(=O)c2ccc(CN)cc2F)C1C. The van der Waals surface area contributed by atoms with Gasteiger partial charge in [0.05, 0.1) is 0 Å². The number of nitrogens with one attached hydrogen (secondary N) is 1. The van der Waals surface area contributed by atoms with Gasteiger partial charge in [-0.15, -0.1) is 0 Å². The van der Waals surface area contributed by atoms with Gasteiger partial charge in [-0.05, 0) is 36.0 Å². The van der Waals surface area contributed by atoms with Crippen molar-refractivity contribution in [1.82, 2.24) is 4.72 Å². The summed E-state index contributed by atoms with van der Waals surface area (Å²) in [6.45, 7) is 4.36. The van der Waals surface area contributed by atoms with Crippen molar-refractivity contribution in [2.75, 3.05) is 0 Å². The molecule has 21 heavy (non-hydrogen) atoms. The molecular formula is C15H23FN2O2S. The number of hydrogen-bond donors (Lipinski definition) is 2. The maximum Gasteiger partial charge on any atom is 0.243 e. The second kappa shape index (κ2) is 6.42. The molecule has 0 radical (unpaired) electrons. The molecule has 3 unspecified atom stereocenters. The Morgan fingerprint density at radius 2 is 2.05 bits per heavy atom. The van der Waals surface area contributed by atoms with E-state index in [1.807, 2.05) is 6.92 Å². The number of hydrogen-bond acceptors (Lipinski definition) is 3. The highest BCUT2D eigenvalue weighted by Crippen LogP contribution is 2.30. The maximum absolute atomic E-state index is 14.0. The van der Waals surface area contributed by atoms with E-state index in [2.05, 4.69) is 11.6 Å². The number of benzene rings is 1. The molecule has 2 rings (SSSR count). The van der Waals surface area contributed by atoms with Crippen molar-refractivity contribution < 1.29 is 12.8 Å². The van der Waals surface area contributed by atoms with Gasteiger partial charge in [-0.1, -0.05) is 32.8 Å². The van der Waals surface area contributed by atoms with Crippen molar-refractivity contribution in [3.8, 4) is 0 Å². The van der Waals surface area contributed by atoms with Gasteiger partial charge in [0.25, 0.3) is 0 Å². The van der Waals surface area contributed by atoms with Gasteiger partial charge in [-0.25, -0.2) is 17.5 Å². The van der Waals surface area contributed by atoms with Gasteiger partial charge in [0.2, 0.25) is 10.0 Å². The Bertz CT molecular complexity index is 604. The van der Waals surface area contributed by atoms with Crippen molar-refractivity contribution in [2.24, 2.45) is 17.6 Å². The molecule has 0 heterocycles. The molecule has 0 bridgehead atoms. The predicted octanol–water partition coefficient (Wildman–Crippen LogP) is 2.39. The van der Waals surface area contributed by atoms with Crippen LogP contribution in [0.2, 0.25) is 0 Å². The minimum atomic E-state index is -3.84. The van der Waals surface area contributed by atoms with Gasteiger partial charge in [-0.3, -0.25) is 0 Å². The Kier molecular flexibility index (Phi) is 5.01. The zero-order valence-corrected chi connectivity index (χ0v) is 13.3. The van der Waals surface area contributed by atoms with Crippen LogP contribution in [0.3, 0.4) is 0 Å². The van der Waals surface area contributed by atoms with Crippen molar-refractivity contribution in [3.05, 3.63) is 29.6 Å². The first-order chi connectivity index (χ1) is 9.85. The van der Waals surface area contributed by atoms with Crippen molar-refractivity contribution in [1.29, 1.82) is 0 Å². The standard InChI is InChI=1S/C15H23FN2O2S/c1-10-4-3-5-14(11(10)2)18-21(19,20)15-7-6-12(9-17)8-13(15)16/h6-8,10-11,14,18H,3-5,9,17H2,1-2H3. The first-order valence-electron chi connectivity index (χ1n) is 7.36. The summed E-state index contributed by atoms with van der Waals surface area (Å²) in [5, 5.41) is 0. The summed E-state index contributed by atoms with van der Waals surface area (Å²) in [7, 11) is -3.84. The molecule has 118 valence electrons. The van der Waals surface area contributed by atoms with Crippen LogP contribution in [0.1, 0.15) is 38.7 Å². The summed E-state index contributed by atoms with van der Waals surface area (Å²) in [4.78, 5) is -0.301. The fourth-order valence-corrected chi connectivity index (χ4v) is 4.32. The summed E-state index contributed by atoms with van der Waals surface area (Å²) in [6, 6.07) is 3.88. The number of sulfonamides is 1. The zero-order valence-electron chi connectivity index (χ0n) is 12.5. The molecule has 0 aromatic heterocycles. The van der Waals surface area contributed by atoms with Crippen LogP contribution in [0.25, 0.3) is 0 Å². The van der Waals surface area contributed by atoms with E-state index < -0.39 is 15.8 Å². The fraction of sp³-hybridized carbons (Fsp3) is 0.600. The largest absolute Gasteiger partial charge is 0.326 e. The van der Waals surface area contributed by atoms with Crippen LogP contribution in [0.4, 0.5) is 4.39 Å². The molecule has 4 nitrogen and oxygen atoms in total. The Morgan fingerprint density at radius 3 is 2.67 bits per heavy atom. The first-order valence-corrected chi connectivity index (χ1v) is 8.84. The molecule has 3 atom stereocenters. The van der Waals surface area contributed by atoms with Gasteiger partial charge in [0.1, 0.15) is 10.7 Å². The second-order valence-corrected chi connectivity index (χ2v) is 7.65. The molecule has 0 saturated heterocycles. The first kappa shape index (κ1) is 16.4. The molecule has 1 aromatic rings. The molecule has 1 aliphatic rings. The van der Waals surface area contributed by atoms with Gasteiger partial charge >= 0.3 is 0 Å². The third kappa shape index (κ3) is 3.62. The van der Waals surface area contributed by atoms with Gasteiger partial charge < -0.3 is 5.73 Å². The molecule has 1 fully saturated rings.